The Hall–Kier alpha value is -3.42. The van der Waals surface area contributed by atoms with Crippen LogP contribution in [0.2, 0.25) is 0 Å². The zero-order valence-corrected chi connectivity index (χ0v) is 19.6. The van der Waals surface area contributed by atoms with E-state index in [9.17, 15) is 18.8 Å². The minimum Gasteiger partial charge on any atom is -0.497 e. The second kappa shape index (κ2) is 12.2. The minimum absolute atomic E-state index is 0.00726. The van der Waals surface area contributed by atoms with Crippen molar-refractivity contribution in [2.24, 2.45) is 5.92 Å². The Bertz CT molecular complexity index is 995. The van der Waals surface area contributed by atoms with Gasteiger partial charge in [-0.1, -0.05) is 24.3 Å². The first-order chi connectivity index (χ1) is 16.4. The molecule has 2 amide bonds. The van der Waals surface area contributed by atoms with E-state index in [1.165, 1.54) is 12.1 Å². The van der Waals surface area contributed by atoms with Crippen LogP contribution < -0.4 is 10.1 Å². The van der Waals surface area contributed by atoms with Crippen LogP contribution in [0.25, 0.3) is 0 Å². The Balaban J connectivity index is 1.66. The fourth-order valence-corrected chi connectivity index (χ4v) is 4.09. The third-order valence-electron chi connectivity index (χ3n) is 5.90. The van der Waals surface area contributed by atoms with Crippen molar-refractivity contribution < 1.29 is 28.2 Å². The molecule has 8 heteroatoms. The lowest BCUT2D eigenvalue weighted by Crippen LogP contribution is -2.46. The Kier molecular flexibility index (Phi) is 9.01. The van der Waals surface area contributed by atoms with Crippen LogP contribution in [-0.2, 0) is 25.5 Å². The molecule has 1 heterocycles. The Morgan fingerprint density at radius 1 is 1.18 bits per heavy atom. The second-order valence-corrected chi connectivity index (χ2v) is 8.33. The summed E-state index contributed by atoms with van der Waals surface area (Å²) in [7, 11) is 1.55. The van der Waals surface area contributed by atoms with E-state index in [-0.39, 0.29) is 43.0 Å². The average molecular weight is 471 g/mol. The van der Waals surface area contributed by atoms with Crippen LogP contribution >= 0.6 is 0 Å². The summed E-state index contributed by atoms with van der Waals surface area (Å²) in [5.74, 6) is -0.830. The fraction of sp³-hybridized carbons (Fsp3) is 0.423. The quantitative estimate of drug-likeness (QED) is 0.568. The van der Waals surface area contributed by atoms with Gasteiger partial charge in [-0.25, -0.2) is 4.39 Å². The molecule has 0 aliphatic carbocycles. The van der Waals surface area contributed by atoms with Gasteiger partial charge in [0, 0.05) is 13.1 Å². The zero-order chi connectivity index (χ0) is 24.5. The van der Waals surface area contributed by atoms with Gasteiger partial charge in [0.05, 0.1) is 38.5 Å². The van der Waals surface area contributed by atoms with Gasteiger partial charge in [-0.2, -0.15) is 0 Å². The molecule has 1 aliphatic rings. The summed E-state index contributed by atoms with van der Waals surface area (Å²) < 4.78 is 23.5. The summed E-state index contributed by atoms with van der Waals surface area (Å²) in [6.07, 6.45) is 1.50. The number of esters is 1. The number of nitrogens with zero attached hydrogens (tertiary/aromatic N) is 1. The van der Waals surface area contributed by atoms with Crippen LogP contribution in [0, 0.1) is 11.7 Å². The molecule has 0 spiro atoms. The smallest absolute Gasteiger partial charge is 0.308 e. The largest absolute Gasteiger partial charge is 0.497 e. The molecule has 7 nitrogen and oxygen atoms in total. The van der Waals surface area contributed by atoms with Crippen molar-refractivity contribution >= 4 is 17.8 Å². The molecule has 0 radical (unpaired) electrons. The van der Waals surface area contributed by atoms with Gasteiger partial charge in [0.15, 0.2) is 0 Å². The van der Waals surface area contributed by atoms with Gasteiger partial charge in [0.2, 0.25) is 11.8 Å². The molecule has 2 unspecified atom stereocenters. The van der Waals surface area contributed by atoms with Crippen LogP contribution in [0.15, 0.2) is 48.5 Å². The molecule has 1 saturated heterocycles. The SMILES string of the molecule is CCOC(=O)CC(NC(=O)C1CCCN(C(=O)Cc2ccc(F)cc2)C1)c1cccc(OC)c1. The van der Waals surface area contributed by atoms with Crippen LogP contribution in [0.5, 0.6) is 5.75 Å². The van der Waals surface area contributed by atoms with Gasteiger partial charge >= 0.3 is 5.97 Å². The molecule has 2 aromatic rings. The highest BCUT2D eigenvalue weighted by molar-refractivity contribution is 5.83. The Morgan fingerprint density at radius 2 is 1.94 bits per heavy atom. The van der Waals surface area contributed by atoms with E-state index in [1.54, 1.807) is 49.3 Å². The maximum absolute atomic E-state index is 13.2. The topological polar surface area (TPSA) is 84.9 Å². The predicted octanol–water partition coefficient (Wildman–Crippen LogP) is 3.43. The zero-order valence-electron chi connectivity index (χ0n) is 19.6. The molecule has 1 aliphatic heterocycles. The highest BCUT2D eigenvalue weighted by Gasteiger charge is 2.30. The number of methoxy groups -OCH3 is 1. The van der Waals surface area contributed by atoms with Crippen molar-refractivity contribution in [2.75, 3.05) is 26.8 Å². The van der Waals surface area contributed by atoms with E-state index in [2.05, 4.69) is 5.32 Å². The number of carbonyl (C=O) groups is 3. The number of amides is 2. The molecule has 34 heavy (non-hydrogen) atoms. The molecule has 2 aromatic carbocycles. The van der Waals surface area contributed by atoms with Crippen LogP contribution in [-0.4, -0.2) is 49.5 Å². The van der Waals surface area contributed by atoms with E-state index in [0.29, 0.717) is 31.7 Å². The molecular weight excluding hydrogens is 439 g/mol. The molecule has 0 bridgehead atoms. The maximum atomic E-state index is 13.2. The molecule has 2 atom stereocenters. The number of hydrogen-bond donors (Lipinski definition) is 1. The number of halogens is 1. The third-order valence-corrected chi connectivity index (χ3v) is 5.90. The maximum Gasteiger partial charge on any atom is 0.308 e. The molecule has 1 N–H and O–H groups in total. The van der Waals surface area contributed by atoms with Crippen LogP contribution in [0.4, 0.5) is 4.39 Å². The average Bonchev–Trinajstić information content (AvgIpc) is 2.85. The lowest BCUT2D eigenvalue weighted by molar-refractivity contribution is -0.144. The number of piperidine rings is 1. The van der Waals surface area contributed by atoms with Gasteiger partial charge in [-0.15, -0.1) is 0 Å². The molecular formula is C26H31FN2O5. The first-order valence-corrected chi connectivity index (χ1v) is 11.5. The summed E-state index contributed by atoms with van der Waals surface area (Å²) in [6.45, 7) is 2.87. The van der Waals surface area contributed by atoms with E-state index in [1.807, 2.05) is 6.07 Å². The lowest BCUT2D eigenvalue weighted by atomic mass is 9.95. The van der Waals surface area contributed by atoms with E-state index in [4.69, 9.17) is 9.47 Å². The summed E-state index contributed by atoms with van der Waals surface area (Å²) in [5, 5.41) is 2.98. The number of carbonyl (C=O) groups excluding carboxylic acids is 3. The molecule has 182 valence electrons. The van der Waals surface area contributed by atoms with Gasteiger partial charge in [0.25, 0.3) is 0 Å². The Morgan fingerprint density at radius 3 is 2.65 bits per heavy atom. The first-order valence-electron chi connectivity index (χ1n) is 11.5. The minimum atomic E-state index is -0.577. The fourth-order valence-electron chi connectivity index (χ4n) is 4.09. The summed E-state index contributed by atoms with van der Waals surface area (Å²) in [6, 6.07) is 12.5. The number of likely N-dealkylation sites (tertiary alicyclic amines) is 1. The third kappa shape index (κ3) is 7.04. The predicted molar refractivity (Wildman–Crippen MR) is 125 cm³/mol. The number of hydrogen-bond acceptors (Lipinski definition) is 5. The van der Waals surface area contributed by atoms with Crippen LogP contribution in [0.3, 0.4) is 0 Å². The second-order valence-electron chi connectivity index (χ2n) is 8.33. The van der Waals surface area contributed by atoms with Gasteiger partial charge in [-0.3, -0.25) is 14.4 Å². The van der Waals surface area contributed by atoms with Crippen molar-refractivity contribution in [1.82, 2.24) is 10.2 Å². The van der Waals surface area contributed by atoms with Gasteiger partial charge < -0.3 is 19.7 Å². The molecule has 0 aromatic heterocycles. The summed E-state index contributed by atoms with van der Waals surface area (Å²) >= 11 is 0. The number of rotatable bonds is 9. The van der Waals surface area contributed by atoms with Gasteiger partial charge in [-0.05, 0) is 55.2 Å². The first kappa shape index (κ1) is 25.2. The van der Waals surface area contributed by atoms with E-state index >= 15 is 0 Å². The van der Waals surface area contributed by atoms with Crippen molar-refractivity contribution in [1.29, 1.82) is 0 Å². The normalized spacial score (nSPS) is 16.4. The van der Waals surface area contributed by atoms with Crippen molar-refractivity contribution in [2.45, 2.75) is 38.6 Å². The van der Waals surface area contributed by atoms with Crippen molar-refractivity contribution in [3.05, 3.63) is 65.5 Å². The monoisotopic (exact) mass is 470 g/mol. The highest BCUT2D eigenvalue weighted by Crippen LogP contribution is 2.24. The summed E-state index contributed by atoms with van der Waals surface area (Å²) in [4.78, 5) is 39.8. The lowest BCUT2D eigenvalue weighted by Gasteiger charge is -2.33. The van der Waals surface area contributed by atoms with Crippen molar-refractivity contribution in [3.8, 4) is 5.75 Å². The number of nitrogens with one attached hydrogen (secondary N) is 1. The Labute approximate surface area is 199 Å². The van der Waals surface area contributed by atoms with E-state index in [0.717, 1.165) is 11.1 Å². The number of benzene rings is 2. The van der Waals surface area contributed by atoms with Crippen LogP contribution in [0.1, 0.15) is 43.4 Å². The summed E-state index contributed by atoms with van der Waals surface area (Å²) in [5.41, 5.74) is 1.46. The highest BCUT2D eigenvalue weighted by atomic mass is 19.1. The van der Waals surface area contributed by atoms with Gasteiger partial charge in [0.1, 0.15) is 11.6 Å². The molecule has 3 rings (SSSR count). The molecule has 0 saturated carbocycles. The number of ether oxygens (including phenoxy) is 2. The molecule has 1 fully saturated rings. The van der Waals surface area contributed by atoms with Crippen molar-refractivity contribution in [3.63, 3.8) is 0 Å². The van der Waals surface area contributed by atoms with E-state index < -0.39 is 12.0 Å². The standard InChI is InChI=1S/C26H31FN2O5/c1-3-34-25(31)16-23(19-6-4-8-22(15-19)33-2)28-26(32)20-7-5-13-29(17-20)24(30)14-18-9-11-21(27)12-10-18/h4,6,8-12,15,20,23H,3,5,7,13-14,16-17H2,1-2H3,(H,28,32).